The minimum absolute atomic E-state index is 0. The quantitative estimate of drug-likeness (QED) is 0.802. The third kappa shape index (κ3) is 7.22. The molecule has 1 aromatic heterocycles. The Morgan fingerprint density at radius 3 is 2.85 bits per heavy atom. The maximum atomic E-state index is 4.88. The first kappa shape index (κ1) is 15.6. The van der Waals surface area contributed by atoms with Crippen LogP contribution in [0.25, 0.3) is 0 Å². The molecule has 0 saturated carbocycles. The Kier molecular flexibility index (Phi) is 12.3. The van der Waals surface area contributed by atoms with E-state index in [0.717, 1.165) is 24.7 Å². The monoisotopic (exact) mass is 244 g/mol. The van der Waals surface area contributed by atoms with Crippen LogP contribution in [0.5, 0.6) is 0 Å². The number of ether oxygens (including phenoxy) is 1. The highest BCUT2D eigenvalue weighted by Crippen LogP contribution is 2.01. The third-order valence-corrected chi connectivity index (χ3v) is 2.02. The van der Waals surface area contributed by atoms with Gasteiger partial charge in [-0.2, -0.15) is 0 Å². The number of methoxy groups -OCH3 is 1. The normalized spacial score (nSPS) is 8.69. The Bertz CT molecular complexity index is 185. The predicted octanol–water partition coefficient (Wildman–Crippen LogP) is 1.72. The molecule has 3 nitrogen and oxygen atoms in total. The van der Waals surface area contributed by atoms with Crippen molar-refractivity contribution < 1.29 is 4.74 Å². The second-order valence-electron chi connectivity index (χ2n) is 2.10. The molecule has 0 saturated heterocycles. The molecule has 0 unspecified atom stereocenters. The van der Waals surface area contributed by atoms with Crippen molar-refractivity contribution in [2.24, 2.45) is 0 Å². The van der Waals surface area contributed by atoms with Crippen LogP contribution in [0.2, 0.25) is 0 Å². The van der Waals surface area contributed by atoms with Crippen LogP contribution in [0.15, 0.2) is 11.6 Å². The highest BCUT2D eigenvalue weighted by Gasteiger charge is 1.92. The average Bonchev–Trinajstić information content (AvgIpc) is 2.50. The maximum absolute atomic E-state index is 4.88. The van der Waals surface area contributed by atoms with Crippen molar-refractivity contribution >= 4 is 36.2 Å². The molecular formula is C7H14Cl2N2OS. The minimum atomic E-state index is 0. The number of halogens is 2. The smallest absolute Gasteiger partial charge is 0.106 e. The van der Waals surface area contributed by atoms with Gasteiger partial charge in [-0.25, -0.2) is 4.98 Å². The average molecular weight is 245 g/mol. The second kappa shape index (κ2) is 10.2. The van der Waals surface area contributed by atoms with Gasteiger partial charge in [-0.1, -0.05) is 0 Å². The van der Waals surface area contributed by atoms with Crippen LogP contribution >= 0.6 is 36.2 Å². The maximum Gasteiger partial charge on any atom is 0.106 e. The van der Waals surface area contributed by atoms with Crippen molar-refractivity contribution in [2.45, 2.75) is 6.54 Å². The van der Waals surface area contributed by atoms with Crippen LogP contribution in [0.3, 0.4) is 0 Å². The van der Waals surface area contributed by atoms with Gasteiger partial charge in [0.25, 0.3) is 0 Å². The molecule has 1 heterocycles. The summed E-state index contributed by atoms with van der Waals surface area (Å²) in [7, 11) is 1.70. The number of hydrogen-bond acceptors (Lipinski definition) is 4. The standard InChI is InChI=1S/C7H12N2OS.2ClH/c1-10-4-2-8-6-7-9-3-5-11-7;;/h3,5,8H,2,4,6H2,1H3;2*1H. The van der Waals surface area contributed by atoms with Gasteiger partial charge in [0.15, 0.2) is 0 Å². The molecule has 78 valence electrons. The lowest BCUT2D eigenvalue weighted by atomic mass is 10.6. The van der Waals surface area contributed by atoms with Gasteiger partial charge in [0.1, 0.15) is 5.01 Å². The molecule has 0 spiro atoms. The number of nitrogens with zero attached hydrogens (tertiary/aromatic N) is 1. The van der Waals surface area contributed by atoms with Crippen LogP contribution in [0.1, 0.15) is 5.01 Å². The first-order valence-electron chi connectivity index (χ1n) is 3.51. The van der Waals surface area contributed by atoms with Gasteiger partial charge in [0, 0.05) is 31.8 Å². The SMILES string of the molecule is COCCNCc1nccs1.Cl.Cl. The summed E-state index contributed by atoms with van der Waals surface area (Å²) in [4.78, 5) is 4.13. The van der Waals surface area contributed by atoms with Crippen LogP contribution in [0.4, 0.5) is 0 Å². The largest absolute Gasteiger partial charge is 0.383 e. The summed E-state index contributed by atoms with van der Waals surface area (Å²) in [6.45, 7) is 2.49. The molecule has 0 fully saturated rings. The van der Waals surface area contributed by atoms with Crippen molar-refractivity contribution in [2.75, 3.05) is 20.3 Å². The van der Waals surface area contributed by atoms with Crippen LogP contribution in [-0.2, 0) is 11.3 Å². The zero-order valence-corrected chi connectivity index (χ0v) is 9.81. The van der Waals surface area contributed by atoms with E-state index < -0.39 is 0 Å². The molecule has 0 aromatic carbocycles. The molecule has 0 aliphatic rings. The molecule has 6 heteroatoms. The molecule has 1 rings (SSSR count). The molecule has 0 atom stereocenters. The molecule has 1 N–H and O–H groups in total. The summed E-state index contributed by atoms with van der Waals surface area (Å²) in [5.74, 6) is 0. The van der Waals surface area contributed by atoms with Gasteiger partial charge in [-0.3, -0.25) is 0 Å². The lowest BCUT2D eigenvalue weighted by Gasteiger charge is -1.99. The van der Waals surface area contributed by atoms with Crippen molar-refractivity contribution in [1.29, 1.82) is 0 Å². The summed E-state index contributed by atoms with van der Waals surface area (Å²) in [6.07, 6.45) is 1.82. The number of rotatable bonds is 5. The lowest BCUT2D eigenvalue weighted by molar-refractivity contribution is 0.199. The molecule has 0 aliphatic heterocycles. The van der Waals surface area contributed by atoms with E-state index in [-0.39, 0.29) is 24.8 Å². The van der Waals surface area contributed by atoms with Gasteiger partial charge in [-0.05, 0) is 0 Å². The van der Waals surface area contributed by atoms with Gasteiger partial charge in [0.2, 0.25) is 0 Å². The van der Waals surface area contributed by atoms with E-state index in [9.17, 15) is 0 Å². The Morgan fingerprint density at radius 1 is 1.54 bits per heavy atom. The Balaban J connectivity index is 0. The zero-order valence-electron chi connectivity index (χ0n) is 7.36. The lowest BCUT2D eigenvalue weighted by Crippen LogP contribution is -2.18. The van der Waals surface area contributed by atoms with Gasteiger partial charge in [0.05, 0.1) is 6.61 Å². The summed E-state index contributed by atoms with van der Waals surface area (Å²) in [5, 5.41) is 6.32. The van der Waals surface area contributed by atoms with Crippen LogP contribution in [-0.4, -0.2) is 25.2 Å². The van der Waals surface area contributed by atoms with E-state index in [1.165, 1.54) is 0 Å². The summed E-state index contributed by atoms with van der Waals surface area (Å²) in [5.41, 5.74) is 0. The summed E-state index contributed by atoms with van der Waals surface area (Å²) >= 11 is 1.67. The van der Waals surface area contributed by atoms with Gasteiger partial charge < -0.3 is 10.1 Å². The highest BCUT2D eigenvalue weighted by molar-refractivity contribution is 7.09. The van der Waals surface area contributed by atoms with E-state index >= 15 is 0 Å². The van der Waals surface area contributed by atoms with Gasteiger partial charge in [-0.15, -0.1) is 36.2 Å². The number of thiazole rings is 1. The second-order valence-corrected chi connectivity index (χ2v) is 3.07. The van der Waals surface area contributed by atoms with E-state index in [4.69, 9.17) is 4.74 Å². The molecule has 0 aliphatic carbocycles. The fourth-order valence-corrected chi connectivity index (χ4v) is 1.30. The minimum Gasteiger partial charge on any atom is -0.383 e. The van der Waals surface area contributed by atoms with E-state index in [2.05, 4.69) is 10.3 Å². The first-order valence-corrected chi connectivity index (χ1v) is 4.39. The fraction of sp³-hybridized carbons (Fsp3) is 0.571. The van der Waals surface area contributed by atoms with Crippen molar-refractivity contribution in [3.8, 4) is 0 Å². The highest BCUT2D eigenvalue weighted by atomic mass is 35.5. The number of aromatic nitrogens is 1. The predicted molar refractivity (Wildman–Crippen MR) is 60.2 cm³/mol. The fourth-order valence-electron chi connectivity index (χ4n) is 0.710. The third-order valence-electron chi connectivity index (χ3n) is 1.24. The molecule has 0 amide bonds. The molecular weight excluding hydrogens is 231 g/mol. The Labute approximate surface area is 94.7 Å². The molecule has 0 bridgehead atoms. The molecule has 13 heavy (non-hydrogen) atoms. The Hall–Kier alpha value is 0.130. The summed E-state index contributed by atoms with van der Waals surface area (Å²) in [6, 6.07) is 0. The van der Waals surface area contributed by atoms with E-state index in [0.29, 0.717) is 0 Å². The van der Waals surface area contributed by atoms with Crippen LogP contribution < -0.4 is 5.32 Å². The molecule has 1 aromatic rings. The van der Waals surface area contributed by atoms with Crippen molar-refractivity contribution in [3.63, 3.8) is 0 Å². The first-order chi connectivity index (χ1) is 5.43. The van der Waals surface area contributed by atoms with E-state index in [1.54, 1.807) is 18.4 Å². The number of hydrogen-bond donors (Lipinski definition) is 1. The topological polar surface area (TPSA) is 34.1 Å². The van der Waals surface area contributed by atoms with Crippen molar-refractivity contribution in [1.82, 2.24) is 10.3 Å². The van der Waals surface area contributed by atoms with E-state index in [1.807, 2.05) is 11.6 Å². The van der Waals surface area contributed by atoms with Crippen molar-refractivity contribution in [3.05, 3.63) is 16.6 Å². The van der Waals surface area contributed by atoms with Crippen LogP contribution in [0, 0.1) is 0 Å². The summed E-state index contributed by atoms with van der Waals surface area (Å²) < 4.78 is 4.88. The zero-order chi connectivity index (χ0) is 7.94. The van der Waals surface area contributed by atoms with Gasteiger partial charge >= 0.3 is 0 Å². The number of nitrogens with one attached hydrogen (secondary N) is 1. The molecule has 0 radical (unpaired) electrons. The Morgan fingerprint density at radius 2 is 2.31 bits per heavy atom.